The van der Waals surface area contributed by atoms with E-state index >= 15 is 0 Å². The van der Waals surface area contributed by atoms with Crippen molar-refractivity contribution >= 4 is 44.7 Å². The third-order valence-corrected chi connectivity index (χ3v) is 7.48. The molecular formula is C31H26N10. The lowest BCUT2D eigenvalue weighted by Crippen LogP contribution is -2.14. The minimum atomic E-state index is -0.337. The monoisotopic (exact) mass is 538 g/mol. The Morgan fingerprint density at radius 1 is 0.780 bits per heavy atom. The van der Waals surface area contributed by atoms with Gasteiger partial charge in [0.15, 0.2) is 5.65 Å². The van der Waals surface area contributed by atoms with Gasteiger partial charge in [-0.2, -0.15) is 5.10 Å². The predicted octanol–water partition coefficient (Wildman–Crippen LogP) is 5.44. The summed E-state index contributed by atoms with van der Waals surface area (Å²) < 4.78 is 1.86. The van der Waals surface area contributed by atoms with E-state index in [-0.39, 0.29) is 12.0 Å². The zero-order valence-electron chi connectivity index (χ0n) is 22.7. The smallest absolute Gasteiger partial charge is 0.220 e. The van der Waals surface area contributed by atoms with Crippen molar-refractivity contribution in [1.82, 2.24) is 39.7 Å². The SMILES string of the molecule is Cc1ccccc1-c1nc2c(C)cccc2nc1C(C)n1nc(-c2ccc3nc(N)ncc3c2)c2c(N)ncnc21. The summed E-state index contributed by atoms with van der Waals surface area (Å²) in [6.07, 6.45) is 3.16. The largest absolute Gasteiger partial charge is 0.383 e. The first kappa shape index (κ1) is 24.5. The summed E-state index contributed by atoms with van der Waals surface area (Å²) in [4.78, 5) is 27.7. The normalized spacial score (nSPS) is 12.4. The van der Waals surface area contributed by atoms with Gasteiger partial charge in [0.2, 0.25) is 5.95 Å². The van der Waals surface area contributed by atoms with E-state index in [1.165, 1.54) is 6.33 Å². The fourth-order valence-electron chi connectivity index (χ4n) is 5.34. The Morgan fingerprint density at radius 2 is 1.61 bits per heavy atom. The van der Waals surface area contributed by atoms with Crippen molar-refractivity contribution in [2.75, 3.05) is 11.5 Å². The number of fused-ring (bicyclic) bond motifs is 3. The van der Waals surface area contributed by atoms with Crippen LogP contribution in [0.15, 0.2) is 73.2 Å². The summed E-state index contributed by atoms with van der Waals surface area (Å²) in [5.74, 6) is 0.569. The molecular weight excluding hydrogens is 512 g/mol. The topological polar surface area (TPSA) is 147 Å². The standard InChI is InChI=1S/C31H26N10/c1-16-7-4-5-9-21(16)28-26(37-23-10-6-8-17(2)25(23)39-28)18(3)41-30-24(29(32)35-15-36-30)27(40-41)19-11-12-22-20(13-19)14-34-31(33)38-22/h4-15,18H,1-3H3,(H2,32,35,36)(H2,33,34,38). The van der Waals surface area contributed by atoms with Crippen molar-refractivity contribution in [2.45, 2.75) is 26.8 Å². The Labute approximate surface area is 235 Å². The molecule has 7 rings (SSSR count). The highest BCUT2D eigenvalue weighted by atomic mass is 15.3. The molecule has 10 heteroatoms. The Balaban J connectivity index is 1.47. The van der Waals surface area contributed by atoms with Gasteiger partial charge >= 0.3 is 0 Å². The Kier molecular flexibility index (Phi) is 5.56. The molecule has 0 saturated carbocycles. The van der Waals surface area contributed by atoms with E-state index < -0.39 is 0 Å². The van der Waals surface area contributed by atoms with Crippen LogP contribution < -0.4 is 11.5 Å². The molecule has 4 heterocycles. The maximum absolute atomic E-state index is 6.44. The van der Waals surface area contributed by atoms with E-state index in [4.69, 9.17) is 26.5 Å². The fourth-order valence-corrected chi connectivity index (χ4v) is 5.34. The summed E-state index contributed by atoms with van der Waals surface area (Å²) in [7, 11) is 0. The molecule has 0 amide bonds. The number of nitrogens with zero attached hydrogens (tertiary/aromatic N) is 8. The summed E-state index contributed by atoms with van der Waals surface area (Å²) in [5, 5.41) is 6.57. The molecule has 41 heavy (non-hydrogen) atoms. The summed E-state index contributed by atoms with van der Waals surface area (Å²) in [6.45, 7) is 6.19. The molecule has 1 unspecified atom stereocenters. The molecule has 4 aromatic heterocycles. The van der Waals surface area contributed by atoms with Crippen molar-refractivity contribution in [2.24, 2.45) is 0 Å². The third-order valence-electron chi connectivity index (χ3n) is 7.48. The summed E-state index contributed by atoms with van der Waals surface area (Å²) >= 11 is 0. The lowest BCUT2D eigenvalue weighted by molar-refractivity contribution is 0.568. The van der Waals surface area contributed by atoms with Gasteiger partial charge in [-0.05, 0) is 50.1 Å². The maximum Gasteiger partial charge on any atom is 0.220 e. The van der Waals surface area contributed by atoms with E-state index in [2.05, 4.69) is 58.9 Å². The van der Waals surface area contributed by atoms with Gasteiger partial charge in [-0.3, -0.25) is 0 Å². The first-order valence-electron chi connectivity index (χ1n) is 13.2. The van der Waals surface area contributed by atoms with Crippen molar-refractivity contribution in [3.63, 3.8) is 0 Å². The van der Waals surface area contributed by atoms with Gasteiger partial charge in [-0.1, -0.05) is 42.5 Å². The third kappa shape index (κ3) is 3.99. The second-order valence-electron chi connectivity index (χ2n) is 10.1. The zero-order chi connectivity index (χ0) is 28.2. The second-order valence-corrected chi connectivity index (χ2v) is 10.1. The van der Waals surface area contributed by atoms with E-state index in [0.717, 1.165) is 55.6 Å². The number of benzene rings is 3. The van der Waals surface area contributed by atoms with Gasteiger partial charge in [0.05, 0.1) is 39.4 Å². The van der Waals surface area contributed by atoms with E-state index in [1.54, 1.807) is 6.20 Å². The van der Waals surface area contributed by atoms with Crippen LogP contribution in [-0.4, -0.2) is 39.7 Å². The average Bonchev–Trinajstić information content (AvgIpc) is 3.37. The molecule has 200 valence electrons. The van der Waals surface area contributed by atoms with Gasteiger partial charge in [0.25, 0.3) is 0 Å². The lowest BCUT2D eigenvalue weighted by Gasteiger charge is -2.18. The molecule has 7 aromatic rings. The van der Waals surface area contributed by atoms with Crippen molar-refractivity contribution in [1.29, 1.82) is 0 Å². The predicted molar refractivity (Wildman–Crippen MR) is 161 cm³/mol. The highest BCUT2D eigenvalue weighted by molar-refractivity contribution is 6.00. The summed E-state index contributed by atoms with van der Waals surface area (Å²) in [5.41, 5.74) is 21.6. The number of rotatable bonds is 4. The molecule has 0 aliphatic heterocycles. The molecule has 0 radical (unpaired) electrons. The molecule has 1 atom stereocenters. The van der Waals surface area contributed by atoms with E-state index in [9.17, 15) is 0 Å². The molecule has 0 aliphatic carbocycles. The van der Waals surface area contributed by atoms with Crippen LogP contribution in [0.5, 0.6) is 0 Å². The second kappa shape index (κ2) is 9.30. The van der Waals surface area contributed by atoms with E-state index in [0.29, 0.717) is 22.5 Å². The molecule has 4 N–H and O–H groups in total. The zero-order valence-corrected chi connectivity index (χ0v) is 22.7. The molecule has 0 fully saturated rings. The Morgan fingerprint density at radius 3 is 2.46 bits per heavy atom. The number of nitrogen functional groups attached to an aromatic ring is 2. The highest BCUT2D eigenvalue weighted by Gasteiger charge is 2.25. The molecule has 0 saturated heterocycles. The number of hydrogen-bond acceptors (Lipinski definition) is 9. The van der Waals surface area contributed by atoms with Gasteiger partial charge in [0.1, 0.15) is 17.8 Å². The number of para-hydroxylation sites is 1. The number of hydrogen-bond donors (Lipinski definition) is 2. The summed E-state index contributed by atoms with van der Waals surface area (Å²) in [6, 6.07) is 19.7. The molecule has 0 bridgehead atoms. The van der Waals surface area contributed by atoms with Crippen molar-refractivity contribution < 1.29 is 0 Å². The van der Waals surface area contributed by atoms with Crippen LogP contribution in [0.2, 0.25) is 0 Å². The van der Waals surface area contributed by atoms with Crippen LogP contribution in [0.3, 0.4) is 0 Å². The quantitative estimate of drug-likeness (QED) is 0.299. The first-order valence-corrected chi connectivity index (χ1v) is 13.2. The molecule has 3 aromatic carbocycles. The molecule has 0 aliphatic rings. The number of aryl methyl sites for hydroxylation is 2. The highest BCUT2D eigenvalue weighted by Crippen LogP contribution is 2.37. The maximum atomic E-state index is 6.44. The molecule has 0 spiro atoms. The van der Waals surface area contributed by atoms with Crippen molar-refractivity contribution in [3.8, 4) is 22.5 Å². The number of anilines is 2. The average molecular weight is 539 g/mol. The van der Waals surface area contributed by atoms with Crippen molar-refractivity contribution in [3.05, 3.63) is 90.0 Å². The Bertz CT molecular complexity index is 2130. The van der Waals surface area contributed by atoms with Crippen LogP contribution >= 0.6 is 0 Å². The number of nitrogens with two attached hydrogens (primary N) is 2. The van der Waals surface area contributed by atoms with Crippen LogP contribution in [-0.2, 0) is 0 Å². The first-order chi connectivity index (χ1) is 19.9. The van der Waals surface area contributed by atoms with Crippen LogP contribution in [0.1, 0.15) is 29.8 Å². The van der Waals surface area contributed by atoms with E-state index in [1.807, 2.05) is 47.1 Å². The van der Waals surface area contributed by atoms with Gasteiger partial charge < -0.3 is 11.5 Å². The van der Waals surface area contributed by atoms with Gasteiger partial charge in [0, 0.05) is 22.7 Å². The Hall–Kier alpha value is -5.51. The van der Waals surface area contributed by atoms with Crippen LogP contribution in [0, 0.1) is 13.8 Å². The number of aromatic nitrogens is 8. The molecule has 10 nitrogen and oxygen atoms in total. The van der Waals surface area contributed by atoms with Gasteiger partial charge in [-0.15, -0.1) is 0 Å². The minimum absolute atomic E-state index is 0.225. The lowest BCUT2D eigenvalue weighted by atomic mass is 10.0. The van der Waals surface area contributed by atoms with Crippen LogP contribution in [0.25, 0.3) is 55.5 Å². The fraction of sp³-hybridized carbons (Fsp3) is 0.129. The van der Waals surface area contributed by atoms with Crippen LogP contribution in [0.4, 0.5) is 11.8 Å². The van der Waals surface area contributed by atoms with Gasteiger partial charge in [-0.25, -0.2) is 34.6 Å². The minimum Gasteiger partial charge on any atom is -0.383 e.